The van der Waals surface area contributed by atoms with Gasteiger partial charge in [0.05, 0.1) is 4.91 Å². The van der Waals surface area contributed by atoms with Crippen LogP contribution in [0.2, 0.25) is 0 Å². The summed E-state index contributed by atoms with van der Waals surface area (Å²) < 4.78 is 35.1. The van der Waals surface area contributed by atoms with Gasteiger partial charge in [0.1, 0.15) is 6.54 Å². The summed E-state index contributed by atoms with van der Waals surface area (Å²) in [5.41, 5.74) is 0.133. The van der Waals surface area contributed by atoms with Gasteiger partial charge in [-0.1, -0.05) is 0 Å². The van der Waals surface area contributed by atoms with Crippen LogP contribution in [0.5, 0.6) is 0 Å². The summed E-state index contributed by atoms with van der Waals surface area (Å²) in [6.07, 6.45) is -4.29. The van der Waals surface area contributed by atoms with Crippen LogP contribution in [0.25, 0.3) is 0 Å². The molecule has 0 atom stereocenters. The van der Waals surface area contributed by atoms with Crippen molar-refractivity contribution in [2.24, 2.45) is 0 Å². The van der Waals surface area contributed by atoms with Crippen LogP contribution >= 0.6 is 12.6 Å². The van der Waals surface area contributed by atoms with E-state index in [-0.39, 0.29) is 16.4 Å². The first-order valence-corrected chi connectivity index (χ1v) is 3.90. The lowest BCUT2D eigenvalue weighted by Gasteiger charge is -2.10. The van der Waals surface area contributed by atoms with E-state index in [1.54, 1.807) is 0 Å². The highest BCUT2D eigenvalue weighted by Crippen LogP contribution is 2.14. The fourth-order valence-corrected chi connectivity index (χ4v) is 0.660. The lowest BCUT2D eigenvalue weighted by atomic mass is 10.3. The Morgan fingerprint density at radius 1 is 1.38 bits per heavy atom. The summed E-state index contributed by atoms with van der Waals surface area (Å²) >= 11 is 3.75. The standard InChI is InChI=1S/C7H10F3NOS/c1-4(6(13)5(2)12)11-3-7(8,9)10/h11,13H,3H2,1-2H3/b6-4-. The van der Waals surface area contributed by atoms with Crippen LogP contribution in [0.4, 0.5) is 13.2 Å². The average molecular weight is 213 g/mol. The second kappa shape index (κ2) is 4.55. The number of alkyl halides is 3. The van der Waals surface area contributed by atoms with Gasteiger partial charge in [-0.2, -0.15) is 13.2 Å². The molecule has 6 heteroatoms. The molecule has 2 nitrogen and oxygen atoms in total. The fraction of sp³-hybridized carbons (Fsp3) is 0.571. The third-order valence-corrected chi connectivity index (χ3v) is 1.89. The summed E-state index contributed by atoms with van der Waals surface area (Å²) in [6, 6.07) is 0. The number of Topliss-reactive ketones (excluding diaryl/α,β-unsaturated/α-hetero) is 1. The molecule has 0 amide bonds. The molecule has 0 unspecified atom stereocenters. The Morgan fingerprint density at radius 2 is 1.85 bits per heavy atom. The van der Waals surface area contributed by atoms with Gasteiger partial charge in [0.2, 0.25) is 0 Å². The van der Waals surface area contributed by atoms with E-state index >= 15 is 0 Å². The Balaban J connectivity index is 4.23. The number of allylic oxidation sites excluding steroid dienone is 2. The molecule has 13 heavy (non-hydrogen) atoms. The van der Waals surface area contributed by atoms with E-state index in [1.165, 1.54) is 13.8 Å². The molecule has 1 N–H and O–H groups in total. The van der Waals surface area contributed by atoms with Crippen molar-refractivity contribution in [3.05, 3.63) is 10.6 Å². The SMILES string of the molecule is CC(=O)/C(S)=C(\C)NCC(F)(F)F. The number of rotatable bonds is 3. The maximum Gasteiger partial charge on any atom is 0.405 e. The number of hydrogen-bond donors (Lipinski definition) is 2. The normalized spacial score (nSPS) is 13.7. The van der Waals surface area contributed by atoms with E-state index < -0.39 is 12.7 Å². The Morgan fingerprint density at radius 3 is 2.15 bits per heavy atom. The van der Waals surface area contributed by atoms with Crippen molar-refractivity contribution in [2.75, 3.05) is 6.54 Å². The lowest BCUT2D eigenvalue weighted by Crippen LogP contribution is -2.28. The molecule has 0 fully saturated rings. The minimum Gasteiger partial charge on any atom is -0.379 e. The Hall–Kier alpha value is -0.650. The number of carbonyl (C=O) groups is 1. The summed E-state index contributed by atoms with van der Waals surface area (Å²) in [5.74, 6) is -0.365. The van der Waals surface area contributed by atoms with Gasteiger partial charge in [-0.25, -0.2) is 0 Å². The molecule has 76 valence electrons. The van der Waals surface area contributed by atoms with Crippen LogP contribution < -0.4 is 5.32 Å². The van der Waals surface area contributed by atoms with E-state index in [1.807, 2.05) is 0 Å². The van der Waals surface area contributed by atoms with E-state index in [0.717, 1.165) is 0 Å². The van der Waals surface area contributed by atoms with Crippen molar-refractivity contribution in [1.29, 1.82) is 0 Å². The average Bonchev–Trinajstić information content (AvgIpc) is 1.97. The first-order chi connectivity index (χ1) is 5.74. The van der Waals surface area contributed by atoms with Gasteiger partial charge in [-0.15, -0.1) is 12.6 Å². The van der Waals surface area contributed by atoms with E-state index in [4.69, 9.17) is 0 Å². The first-order valence-electron chi connectivity index (χ1n) is 3.45. The molecule has 0 saturated carbocycles. The molecule has 0 heterocycles. The highest BCUT2D eigenvalue weighted by atomic mass is 32.1. The third-order valence-electron chi connectivity index (χ3n) is 1.24. The molecule has 0 bridgehead atoms. The molecule has 0 aliphatic heterocycles. The summed E-state index contributed by atoms with van der Waals surface area (Å²) in [7, 11) is 0. The van der Waals surface area contributed by atoms with Gasteiger partial charge in [-0.05, 0) is 13.8 Å². The van der Waals surface area contributed by atoms with Gasteiger partial charge >= 0.3 is 6.18 Å². The van der Waals surface area contributed by atoms with Crippen molar-refractivity contribution in [3.8, 4) is 0 Å². The predicted molar refractivity (Wildman–Crippen MR) is 46.4 cm³/mol. The second-order valence-corrected chi connectivity index (χ2v) is 2.95. The minimum absolute atomic E-state index is 0.0178. The molecular formula is C7H10F3NOS. The summed E-state index contributed by atoms with van der Waals surface area (Å²) in [6.45, 7) is 1.45. The quantitative estimate of drug-likeness (QED) is 0.553. The topological polar surface area (TPSA) is 29.1 Å². The Labute approximate surface area is 79.6 Å². The molecule has 0 aromatic rings. The molecule has 0 aliphatic rings. The Kier molecular flexibility index (Phi) is 4.32. The molecule has 0 rings (SSSR count). The maximum atomic E-state index is 11.7. The fourth-order valence-electron chi connectivity index (χ4n) is 0.581. The number of carbonyl (C=O) groups excluding carboxylic acids is 1. The molecule has 0 aliphatic carbocycles. The Bertz CT molecular complexity index is 234. The van der Waals surface area contributed by atoms with Crippen molar-refractivity contribution in [3.63, 3.8) is 0 Å². The summed E-state index contributed by atoms with van der Waals surface area (Å²) in [5, 5.41) is 2.06. The molecule has 0 saturated heterocycles. The van der Waals surface area contributed by atoms with Crippen LogP contribution in [0.15, 0.2) is 10.6 Å². The predicted octanol–water partition coefficient (Wildman–Crippen LogP) is 1.89. The van der Waals surface area contributed by atoms with Gasteiger partial charge < -0.3 is 5.32 Å². The highest BCUT2D eigenvalue weighted by molar-refractivity contribution is 7.85. The largest absolute Gasteiger partial charge is 0.405 e. The van der Waals surface area contributed by atoms with Crippen LogP contribution in [0.3, 0.4) is 0 Å². The van der Waals surface area contributed by atoms with Crippen molar-refractivity contribution >= 4 is 18.4 Å². The van der Waals surface area contributed by atoms with Crippen molar-refractivity contribution in [2.45, 2.75) is 20.0 Å². The summed E-state index contributed by atoms with van der Waals surface area (Å²) in [4.78, 5) is 10.7. The zero-order valence-electron chi connectivity index (χ0n) is 7.20. The van der Waals surface area contributed by atoms with Crippen LogP contribution in [0.1, 0.15) is 13.8 Å². The van der Waals surface area contributed by atoms with Crippen LogP contribution in [0, 0.1) is 0 Å². The lowest BCUT2D eigenvalue weighted by molar-refractivity contribution is -0.123. The highest BCUT2D eigenvalue weighted by Gasteiger charge is 2.26. The molecule has 0 aromatic heterocycles. The van der Waals surface area contributed by atoms with Gasteiger partial charge in [0.25, 0.3) is 0 Å². The van der Waals surface area contributed by atoms with E-state index in [9.17, 15) is 18.0 Å². The van der Waals surface area contributed by atoms with Crippen LogP contribution in [-0.4, -0.2) is 18.5 Å². The molecular weight excluding hydrogens is 203 g/mol. The number of nitrogens with one attached hydrogen (secondary N) is 1. The van der Waals surface area contributed by atoms with Gasteiger partial charge in [0, 0.05) is 5.70 Å². The van der Waals surface area contributed by atoms with E-state index in [2.05, 4.69) is 17.9 Å². The zero-order valence-corrected chi connectivity index (χ0v) is 8.09. The monoisotopic (exact) mass is 213 g/mol. The maximum absolute atomic E-state index is 11.7. The number of ketones is 1. The first kappa shape index (κ1) is 12.3. The molecule has 0 spiro atoms. The molecule has 0 aromatic carbocycles. The number of hydrogen-bond acceptors (Lipinski definition) is 3. The number of halogens is 3. The second-order valence-electron chi connectivity index (χ2n) is 2.50. The van der Waals surface area contributed by atoms with Crippen molar-refractivity contribution < 1.29 is 18.0 Å². The van der Waals surface area contributed by atoms with Crippen LogP contribution in [-0.2, 0) is 4.79 Å². The zero-order chi connectivity index (χ0) is 10.6. The molecule has 0 radical (unpaired) electrons. The smallest absolute Gasteiger partial charge is 0.379 e. The minimum atomic E-state index is -4.29. The van der Waals surface area contributed by atoms with E-state index in [0.29, 0.717) is 0 Å². The van der Waals surface area contributed by atoms with Gasteiger partial charge in [-0.3, -0.25) is 4.79 Å². The third kappa shape index (κ3) is 5.57. The number of thiol groups is 1. The van der Waals surface area contributed by atoms with Crippen molar-refractivity contribution in [1.82, 2.24) is 5.32 Å². The van der Waals surface area contributed by atoms with Gasteiger partial charge in [0.15, 0.2) is 5.78 Å².